The molecule has 0 N–H and O–H groups in total. The number of alkyl halides is 1. The van der Waals surface area contributed by atoms with Gasteiger partial charge in [0.1, 0.15) is 0 Å². The molecule has 3 nitrogen and oxygen atoms in total. The molecule has 0 radical (unpaired) electrons. The lowest BCUT2D eigenvalue weighted by atomic mass is 10.2. The van der Waals surface area contributed by atoms with Gasteiger partial charge >= 0.3 is 0 Å². The summed E-state index contributed by atoms with van der Waals surface area (Å²) in [5, 5.41) is 1.95. The van der Waals surface area contributed by atoms with E-state index in [1.54, 1.807) is 29.5 Å². The topological polar surface area (TPSA) is 37.4 Å². The Kier molecular flexibility index (Phi) is 5.21. The number of thiophene rings is 1. The molecule has 2 rings (SSSR count). The lowest BCUT2D eigenvalue weighted by Gasteiger charge is -2.20. The Hall–Kier alpha value is -0.880. The average molecular weight is 330 g/mol. The molecular weight excluding hydrogens is 314 g/mol. The predicted octanol–water partition coefficient (Wildman–Crippen LogP) is 3.70. The summed E-state index contributed by atoms with van der Waals surface area (Å²) in [6.07, 6.45) is 0. The highest BCUT2D eigenvalue weighted by Gasteiger charge is 2.23. The Morgan fingerprint density at radius 2 is 2.05 bits per heavy atom. The van der Waals surface area contributed by atoms with E-state index in [-0.39, 0.29) is 0 Å². The van der Waals surface area contributed by atoms with Gasteiger partial charge in [0.15, 0.2) is 0 Å². The van der Waals surface area contributed by atoms with Crippen LogP contribution in [0.25, 0.3) is 0 Å². The van der Waals surface area contributed by atoms with Gasteiger partial charge in [-0.2, -0.15) is 4.31 Å². The normalized spacial score (nSPS) is 11.9. The molecule has 0 fully saturated rings. The molecule has 2 aromatic rings. The summed E-state index contributed by atoms with van der Waals surface area (Å²) >= 11 is 7.33. The maximum absolute atomic E-state index is 12.6. The minimum absolute atomic E-state index is 0.300. The molecule has 1 aromatic carbocycles. The molecule has 0 bridgehead atoms. The highest BCUT2D eigenvalue weighted by atomic mass is 35.5. The van der Waals surface area contributed by atoms with Crippen molar-refractivity contribution in [2.24, 2.45) is 0 Å². The highest BCUT2D eigenvalue weighted by Crippen LogP contribution is 2.21. The van der Waals surface area contributed by atoms with Gasteiger partial charge in [-0.05, 0) is 29.1 Å². The molecule has 0 saturated carbocycles. The van der Waals surface area contributed by atoms with Gasteiger partial charge in [0.2, 0.25) is 10.0 Å². The minimum atomic E-state index is -3.48. The Morgan fingerprint density at radius 1 is 1.25 bits per heavy atom. The molecular formula is C14H16ClNO2S2. The average Bonchev–Trinajstić information content (AvgIpc) is 2.97. The van der Waals surface area contributed by atoms with Crippen LogP contribution in [0.1, 0.15) is 17.4 Å². The number of sulfonamides is 1. The van der Waals surface area contributed by atoms with Gasteiger partial charge in [0.25, 0.3) is 0 Å². The van der Waals surface area contributed by atoms with Gasteiger partial charge in [-0.25, -0.2) is 8.42 Å². The second-order valence-electron chi connectivity index (χ2n) is 4.29. The van der Waals surface area contributed by atoms with Crippen LogP contribution in [0.3, 0.4) is 0 Å². The van der Waals surface area contributed by atoms with Crippen LogP contribution in [-0.2, 0) is 22.4 Å². The van der Waals surface area contributed by atoms with Crippen LogP contribution in [0, 0.1) is 0 Å². The number of hydrogen-bond donors (Lipinski definition) is 0. The monoisotopic (exact) mass is 329 g/mol. The van der Waals surface area contributed by atoms with Crippen molar-refractivity contribution in [3.8, 4) is 0 Å². The van der Waals surface area contributed by atoms with E-state index < -0.39 is 10.0 Å². The second-order valence-corrected chi connectivity index (χ2v) is 7.53. The summed E-state index contributed by atoms with van der Waals surface area (Å²) < 4.78 is 26.8. The van der Waals surface area contributed by atoms with Crippen LogP contribution in [0.4, 0.5) is 0 Å². The van der Waals surface area contributed by atoms with Gasteiger partial charge in [0, 0.05) is 23.8 Å². The van der Waals surface area contributed by atoms with E-state index in [2.05, 4.69) is 0 Å². The van der Waals surface area contributed by atoms with Crippen LogP contribution in [0.2, 0.25) is 0 Å². The van der Waals surface area contributed by atoms with E-state index in [0.29, 0.717) is 23.9 Å². The molecule has 0 aliphatic heterocycles. The first-order valence-corrected chi connectivity index (χ1v) is 9.10. The van der Waals surface area contributed by atoms with Crippen molar-refractivity contribution < 1.29 is 8.42 Å². The summed E-state index contributed by atoms with van der Waals surface area (Å²) in [5.41, 5.74) is 0.805. The first-order chi connectivity index (χ1) is 9.57. The van der Waals surface area contributed by atoms with Crippen LogP contribution in [-0.4, -0.2) is 19.3 Å². The molecule has 0 aliphatic rings. The molecule has 20 heavy (non-hydrogen) atoms. The number of nitrogens with zero attached hydrogens (tertiary/aromatic N) is 1. The molecule has 0 unspecified atom stereocenters. The van der Waals surface area contributed by atoms with Gasteiger partial charge in [0.05, 0.1) is 4.90 Å². The molecule has 0 amide bonds. The number of benzene rings is 1. The van der Waals surface area contributed by atoms with Gasteiger partial charge in [-0.15, -0.1) is 22.9 Å². The van der Waals surface area contributed by atoms with Crippen molar-refractivity contribution in [3.05, 3.63) is 52.2 Å². The molecule has 1 aromatic heterocycles. The maximum atomic E-state index is 12.6. The Labute approximate surface area is 128 Å². The maximum Gasteiger partial charge on any atom is 0.243 e. The third-order valence-electron chi connectivity index (χ3n) is 2.96. The summed E-state index contributed by atoms with van der Waals surface area (Å²) in [6, 6.07) is 10.7. The van der Waals surface area contributed by atoms with Crippen molar-refractivity contribution in [3.63, 3.8) is 0 Å². The summed E-state index contributed by atoms with van der Waals surface area (Å²) in [5.74, 6) is 0.306. The fourth-order valence-corrected chi connectivity index (χ4v) is 4.35. The Morgan fingerprint density at radius 3 is 2.65 bits per heavy atom. The summed E-state index contributed by atoms with van der Waals surface area (Å²) in [6.45, 7) is 2.68. The number of halogens is 1. The van der Waals surface area contributed by atoms with E-state index >= 15 is 0 Å². The zero-order chi connectivity index (χ0) is 14.6. The molecule has 1 heterocycles. The van der Waals surface area contributed by atoms with Crippen molar-refractivity contribution in [1.82, 2.24) is 4.31 Å². The molecule has 0 saturated heterocycles. The highest BCUT2D eigenvalue weighted by molar-refractivity contribution is 7.89. The van der Waals surface area contributed by atoms with Crippen LogP contribution < -0.4 is 0 Å². The largest absolute Gasteiger partial charge is 0.243 e. The lowest BCUT2D eigenvalue weighted by Crippen LogP contribution is -2.30. The molecule has 0 atom stereocenters. The predicted molar refractivity (Wildman–Crippen MR) is 83.6 cm³/mol. The molecule has 0 aliphatic carbocycles. The minimum Gasteiger partial charge on any atom is -0.207 e. The van der Waals surface area contributed by atoms with Crippen LogP contribution >= 0.6 is 22.9 Å². The summed E-state index contributed by atoms with van der Waals surface area (Å²) in [4.78, 5) is 1.33. The van der Waals surface area contributed by atoms with Crippen molar-refractivity contribution in [2.45, 2.75) is 24.2 Å². The van der Waals surface area contributed by atoms with E-state index in [9.17, 15) is 8.42 Å². The number of rotatable bonds is 6. The number of hydrogen-bond acceptors (Lipinski definition) is 3. The van der Waals surface area contributed by atoms with E-state index in [4.69, 9.17) is 11.6 Å². The Balaban J connectivity index is 2.31. The van der Waals surface area contributed by atoms with Crippen molar-refractivity contribution >= 4 is 33.0 Å². The van der Waals surface area contributed by atoms with Gasteiger partial charge in [-0.1, -0.05) is 25.1 Å². The van der Waals surface area contributed by atoms with E-state index in [1.807, 2.05) is 30.5 Å². The van der Waals surface area contributed by atoms with Crippen LogP contribution in [0.15, 0.2) is 46.7 Å². The SMILES string of the molecule is CCN(Cc1cccs1)S(=O)(=O)c1cccc(CCl)c1. The van der Waals surface area contributed by atoms with Gasteiger partial charge < -0.3 is 0 Å². The van der Waals surface area contributed by atoms with Gasteiger partial charge in [-0.3, -0.25) is 0 Å². The van der Waals surface area contributed by atoms with Crippen molar-refractivity contribution in [2.75, 3.05) is 6.54 Å². The zero-order valence-corrected chi connectivity index (χ0v) is 13.5. The molecule has 0 spiro atoms. The quantitative estimate of drug-likeness (QED) is 0.758. The first kappa shape index (κ1) is 15.5. The molecule has 108 valence electrons. The zero-order valence-electron chi connectivity index (χ0n) is 11.1. The smallest absolute Gasteiger partial charge is 0.207 e. The van der Waals surface area contributed by atoms with Crippen molar-refractivity contribution in [1.29, 1.82) is 0 Å². The standard InChI is InChI=1S/C14H16ClNO2S2/c1-2-16(11-13-6-4-8-19-13)20(17,18)14-7-3-5-12(9-14)10-15/h3-9H,2,10-11H2,1H3. The third kappa shape index (κ3) is 3.41. The van der Waals surface area contributed by atoms with E-state index in [1.165, 1.54) is 4.31 Å². The first-order valence-electron chi connectivity index (χ1n) is 6.25. The fourth-order valence-electron chi connectivity index (χ4n) is 1.88. The lowest BCUT2D eigenvalue weighted by molar-refractivity contribution is 0.426. The second kappa shape index (κ2) is 6.72. The third-order valence-corrected chi connectivity index (χ3v) is 6.04. The Bertz CT molecular complexity index is 654. The summed E-state index contributed by atoms with van der Waals surface area (Å²) in [7, 11) is -3.48. The fraction of sp³-hybridized carbons (Fsp3) is 0.286. The van der Waals surface area contributed by atoms with Crippen LogP contribution in [0.5, 0.6) is 0 Å². The molecule has 6 heteroatoms. The van der Waals surface area contributed by atoms with E-state index in [0.717, 1.165) is 10.4 Å².